The molecule has 9 nitrogen and oxygen atoms in total. The fraction of sp³-hybridized carbons (Fsp3) is 0.476. The second kappa shape index (κ2) is 7.30. The first kappa shape index (κ1) is 19.9. The van der Waals surface area contributed by atoms with E-state index in [0.717, 1.165) is 16.4 Å². The Bertz CT molecular complexity index is 1150. The minimum Gasteiger partial charge on any atom is -0.340 e. The average Bonchev–Trinajstić information content (AvgIpc) is 3.54. The minimum absolute atomic E-state index is 0.0918. The molecule has 0 bridgehead atoms. The van der Waals surface area contributed by atoms with Crippen LogP contribution in [0.15, 0.2) is 30.2 Å². The van der Waals surface area contributed by atoms with Gasteiger partial charge in [-0.2, -0.15) is 5.10 Å². The lowest BCUT2D eigenvalue weighted by atomic mass is 9.75. The van der Waals surface area contributed by atoms with Crippen LogP contribution in [0.5, 0.6) is 0 Å². The molecule has 2 fully saturated rings. The molecule has 2 aliphatic heterocycles. The van der Waals surface area contributed by atoms with Crippen LogP contribution < -0.4 is 0 Å². The lowest BCUT2D eigenvalue weighted by Crippen LogP contribution is -2.40. The Morgan fingerprint density at radius 2 is 2.19 bits per heavy atom. The highest BCUT2D eigenvalue weighted by Gasteiger charge is 2.58. The third-order valence-electron chi connectivity index (χ3n) is 6.51. The van der Waals surface area contributed by atoms with E-state index in [0.29, 0.717) is 38.3 Å². The second-order valence-corrected chi connectivity index (χ2v) is 9.60. The first-order chi connectivity index (χ1) is 14.9. The Hall–Kier alpha value is -3.01. The standard InChI is InChI=1S/C21H25N7O2S/c1-14-24-15(11-31-14)8-27-7-5-21(20(27)30)12-28(19(29)18-4-6-23-26(18)3)9-16(21)17-10-25(2)13-22-17/h4,6,10-11,13,16H,5,7-9,12H2,1-3H3/t16-,21+/m1/s1. The summed E-state index contributed by atoms with van der Waals surface area (Å²) in [4.78, 5) is 39.8. The van der Waals surface area contributed by atoms with Crippen molar-refractivity contribution < 1.29 is 9.59 Å². The van der Waals surface area contributed by atoms with Gasteiger partial charge in [0, 0.05) is 57.4 Å². The molecule has 162 valence electrons. The number of aromatic nitrogens is 5. The number of likely N-dealkylation sites (tertiary alicyclic amines) is 2. The van der Waals surface area contributed by atoms with Gasteiger partial charge in [0.05, 0.1) is 34.7 Å². The Kier molecular flexibility index (Phi) is 4.69. The van der Waals surface area contributed by atoms with E-state index in [-0.39, 0.29) is 17.7 Å². The van der Waals surface area contributed by atoms with E-state index in [1.54, 1.807) is 46.6 Å². The molecule has 0 unspecified atom stereocenters. The van der Waals surface area contributed by atoms with Crippen LogP contribution in [0.3, 0.4) is 0 Å². The van der Waals surface area contributed by atoms with Gasteiger partial charge in [-0.3, -0.25) is 14.3 Å². The van der Waals surface area contributed by atoms with Gasteiger partial charge >= 0.3 is 0 Å². The van der Waals surface area contributed by atoms with Gasteiger partial charge in [-0.15, -0.1) is 11.3 Å². The Labute approximate surface area is 184 Å². The SMILES string of the molecule is Cc1nc(CN2CC[C@@]3(CN(C(=O)c4ccnn4C)C[C@@H]3c3cn(C)cn3)C2=O)cs1. The van der Waals surface area contributed by atoms with Gasteiger partial charge in [-0.25, -0.2) is 9.97 Å². The second-order valence-electron chi connectivity index (χ2n) is 8.53. The molecule has 0 saturated carbocycles. The highest BCUT2D eigenvalue weighted by Crippen LogP contribution is 2.50. The molecular weight excluding hydrogens is 414 g/mol. The molecule has 10 heteroatoms. The molecule has 2 amide bonds. The number of carbonyl (C=O) groups is 2. The fourth-order valence-corrected chi connectivity index (χ4v) is 5.56. The summed E-state index contributed by atoms with van der Waals surface area (Å²) in [5, 5.41) is 7.13. The molecule has 2 atom stereocenters. The fourth-order valence-electron chi connectivity index (χ4n) is 4.96. The maximum Gasteiger partial charge on any atom is 0.272 e. The molecule has 2 aliphatic rings. The predicted octanol–water partition coefficient (Wildman–Crippen LogP) is 1.58. The third-order valence-corrected chi connectivity index (χ3v) is 7.33. The summed E-state index contributed by atoms with van der Waals surface area (Å²) in [6.45, 7) is 4.00. The third kappa shape index (κ3) is 3.25. The number of hydrogen-bond donors (Lipinski definition) is 0. The van der Waals surface area contributed by atoms with Crippen LogP contribution in [-0.2, 0) is 25.4 Å². The quantitative estimate of drug-likeness (QED) is 0.616. The van der Waals surface area contributed by atoms with Crippen LogP contribution in [0.4, 0.5) is 0 Å². The van der Waals surface area contributed by atoms with Crippen molar-refractivity contribution in [2.45, 2.75) is 25.8 Å². The zero-order valence-electron chi connectivity index (χ0n) is 17.9. The highest BCUT2D eigenvalue weighted by molar-refractivity contribution is 7.09. The zero-order valence-corrected chi connectivity index (χ0v) is 18.7. The molecular formula is C21H25N7O2S. The van der Waals surface area contributed by atoms with Gasteiger partial charge in [0.2, 0.25) is 5.91 Å². The first-order valence-electron chi connectivity index (χ1n) is 10.3. The van der Waals surface area contributed by atoms with E-state index >= 15 is 0 Å². The molecule has 3 aromatic heterocycles. The maximum atomic E-state index is 13.8. The van der Waals surface area contributed by atoms with Crippen molar-refractivity contribution in [1.29, 1.82) is 0 Å². The number of aryl methyl sites for hydroxylation is 3. The molecule has 0 aromatic carbocycles. The summed E-state index contributed by atoms with van der Waals surface area (Å²) in [5.41, 5.74) is 1.65. The molecule has 5 heterocycles. The van der Waals surface area contributed by atoms with Crippen molar-refractivity contribution >= 4 is 23.2 Å². The Balaban J connectivity index is 1.46. The van der Waals surface area contributed by atoms with Crippen LogP contribution in [-0.4, -0.2) is 65.6 Å². The van der Waals surface area contributed by atoms with Gasteiger partial charge in [0.1, 0.15) is 5.69 Å². The van der Waals surface area contributed by atoms with E-state index in [2.05, 4.69) is 15.1 Å². The number of thiazole rings is 1. The monoisotopic (exact) mass is 439 g/mol. The summed E-state index contributed by atoms with van der Waals surface area (Å²) in [6, 6.07) is 1.72. The Morgan fingerprint density at radius 1 is 1.35 bits per heavy atom. The average molecular weight is 440 g/mol. The number of hydrogen-bond acceptors (Lipinski definition) is 6. The smallest absolute Gasteiger partial charge is 0.272 e. The van der Waals surface area contributed by atoms with Crippen LogP contribution in [0.2, 0.25) is 0 Å². The molecule has 1 spiro atoms. The number of imidazole rings is 1. The van der Waals surface area contributed by atoms with Crippen LogP contribution >= 0.6 is 11.3 Å². The summed E-state index contributed by atoms with van der Waals surface area (Å²) in [5.74, 6) is -0.145. The van der Waals surface area contributed by atoms with Gasteiger partial charge in [-0.1, -0.05) is 0 Å². The van der Waals surface area contributed by atoms with Crippen molar-refractivity contribution in [3.8, 4) is 0 Å². The van der Waals surface area contributed by atoms with E-state index in [1.807, 2.05) is 35.0 Å². The van der Waals surface area contributed by atoms with Crippen LogP contribution in [0, 0.1) is 12.3 Å². The number of nitrogens with zero attached hydrogens (tertiary/aromatic N) is 7. The van der Waals surface area contributed by atoms with E-state index < -0.39 is 5.41 Å². The summed E-state index contributed by atoms with van der Waals surface area (Å²) in [7, 11) is 3.68. The molecule has 0 radical (unpaired) electrons. The largest absolute Gasteiger partial charge is 0.340 e. The van der Waals surface area contributed by atoms with Gasteiger partial charge in [-0.05, 0) is 19.4 Å². The number of rotatable bonds is 4. The van der Waals surface area contributed by atoms with Crippen molar-refractivity contribution in [2.75, 3.05) is 19.6 Å². The minimum atomic E-state index is -0.659. The molecule has 5 rings (SSSR count). The van der Waals surface area contributed by atoms with Crippen molar-refractivity contribution in [3.63, 3.8) is 0 Å². The van der Waals surface area contributed by atoms with E-state index in [4.69, 9.17) is 0 Å². The summed E-state index contributed by atoms with van der Waals surface area (Å²) in [6.07, 6.45) is 6.03. The zero-order chi connectivity index (χ0) is 21.8. The maximum absolute atomic E-state index is 13.8. The number of carbonyl (C=O) groups excluding carboxylic acids is 2. The molecule has 0 aliphatic carbocycles. The van der Waals surface area contributed by atoms with Gasteiger partial charge in [0.25, 0.3) is 5.91 Å². The molecule has 0 N–H and O–H groups in total. The van der Waals surface area contributed by atoms with Crippen molar-refractivity contribution in [2.24, 2.45) is 19.5 Å². The lowest BCUT2D eigenvalue weighted by Gasteiger charge is -2.27. The molecule has 31 heavy (non-hydrogen) atoms. The predicted molar refractivity (Wildman–Crippen MR) is 114 cm³/mol. The van der Waals surface area contributed by atoms with E-state index in [9.17, 15) is 9.59 Å². The van der Waals surface area contributed by atoms with Gasteiger partial charge < -0.3 is 14.4 Å². The summed E-state index contributed by atoms with van der Waals surface area (Å²) < 4.78 is 3.47. The normalized spacial score (nSPS) is 23.5. The Morgan fingerprint density at radius 3 is 2.84 bits per heavy atom. The van der Waals surface area contributed by atoms with Crippen LogP contribution in [0.1, 0.15) is 39.2 Å². The number of amides is 2. The van der Waals surface area contributed by atoms with E-state index in [1.165, 1.54) is 0 Å². The summed E-state index contributed by atoms with van der Waals surface area (Å²) >= 11 is 1.59. The molecule has 2 saturated heterocycles. The first-order valence-corrected chi connectivity index (χ1v) is 11.2. The van der Waals surface area contributed by atoms with Crippen molar-refractivity contribution in [1.82, 2.24) is 34.1 Å². The molecule has 3 aromatic rings. The topological polar surface area (TPSA) is 89.2 Å². The highest BCUT2D eigenvalue weighted by atomic mass is 32.1. The van der Waals surface area contributed by atoms with Crippen molar-refractivity contribution in [3.05, 3.63) is 52.3 Å². The van der Waals surface area contributed by atoms with Crippen LogP contribution in [0.25, 0.3) is 0 Å². The van der Waals surface area contributed by atoms with Gasteiger partial charge in [0.15, 0.2) is 0 Å². The lowest BCUT2D eigenvalue weighted by molar-refractivity contribution is -0.136.